The zero-order valence-corrected chi connectivity index (χ0v) is 21.6. The fourth-order valence-corrected chi connectivity index (χ4v) is 4.32. The zero-order chi connectivity index (χ0) is 25.6. The van der Waals surface area contributed by atoms with E-state index in [4.69, 9.17) is 19.6 Å². The molecule has 3 rings (SSSR count). The summed E-state index contributed by atoms with van der Waals surface area (Å²) in [5.41, 5.74) is -0.264. The zero-order valence-electron chi connectivity index (χ0n) is 20.8. The fraction of sp³-hybridized carbons (Fsp3) is 0.370. The molecular weight excluding hydrogens is 464 g/mol. The second kappa shape index (κ2) is 11.4. The summed E-state index contributed by atoms with van der Waals surface area (Å²) in [4.78, 5) is 27.2. The summed E-state index contributed by atoms with van der Waals surface area (Å²) in [5, 5.41) is 11.8. The topological polar surface area (TPSA) is 88.9 Å². The molecule has 0 radical (unpaired) electrons. The van der Waals surface area contributed by atoms with Crippen molar-refractivity contribution in [2.75, 3.05) is 20.2 Å². The lowest BCUT2D eigenvalue weighted by atomic mass is 10.00. The van der Waals surface area contributed by atoms with Crippen LogP contribution in [0.4, 0.5) is 4.79 Å². The molecule has 0 fully saturated rings. The van der Waals surface area contributed by atoms with E-state index in [-0.39, 0.29) is 24.5 Å². The Morgan fingerprint density at radius 2 is 1.77 bits per heavy atom. The molecule has 2 aromatic carbocycles. The van der Waals surface area contributed by atoms with E-state index in [1.165, 1.54) is 0 Å². The highest BCUT2D eigenvalue weighted by atomic mass is 32.1. The molecule has 1 heterocycles. The maximum absolute atomic E-state index is 12.4. The molecule has 1 amide bonds. The second-order valence-corrected chi connectivity index (χ2v) is 10.0. The van der Waals surface area contributed by atoms with Crippen molar-refractivity contribution >= 4 is 39.9 Å². The number of nitrogens with one attached hydrogen (secondary N) is 1. The number of hydrogen-bond acceptors (Lipinski definition) is 7. The smallest absolute Gasteiger partial charge is 0.410 e. The third-order valence-electron chi connectivity index (χ3n) is 5.19. The van der Waals surface area contributed by atoms with E-state index in [2.05, 4.69) is 0 Å². The van der Waals surface area contributed by atoms with Crippen molar-refractivity contribution in [2.45, 2.75) is 45.8 Å². The summed E-state index contributed by atoms with van der Waals surface area (Å²) >= 11 is 1.59. The van der Waals surface area contributed by atoms with Crippen LogP contribution in [0.2, 0.25) is 0 Å². The Morgan fingerprint density at radius 3 is 2.40 bits per heavy atom. The molecule has 1 aromatic heterocycles. The molecule has 0 saturated carbocycles. The van der Waals surface area contributed by atoms with Gasteiger partial charge in [-0.05, 0) is 56.7 Å². The Hall–Kier alpha value is -3.39. The van der Waals surface area contributed by atoms with Gasteiger partial charge in [-0.25, -0.2) is 9.59 Å². The van der Waals surface area contributed by atoms with Crippen molar-refractivity contribution in [2.24, 2.45) is 0 Å². The number of hydrogen-bond donors (Lipinski definition) is 1. The molecule has 3 aromatic rings. The van der Waals surface area contributed by atoms with Crippen LogP contribution in [0.15, 0.2) is 53.9 Å². The quantitative estimate of drug-likeness (QED) is 0.281. The average molecular weight is 497 g/mol. The predicted molar refractivity (Wildman–Crippen MR) is 139 cm³/mol. The Bertz CT molecular complexity index is 1180. The van der Waals surface area contributed by atoms with Gasteiger partial charge in [-0.2, -0.15) is 0 Å². The number of esters is 1. The maximum Gasteiger partial charge on any atom is 0.410 e. The number of carbonyl (C=O) groups is 2. The molecule has 0 spiro atoms. The monoisotopic (exact) mass is 496 g/mol. The minimum Gasteiger partial charge on any atom is -0.484 e. The first kappa shape index (κ1) is 26.2. The number of ether oxygens (including phenoxy) is 3. The molecule has 0 aliphatic rings. The maximum atomic E-state index is 12.4. The summed E-state index contributed by atoms with van der Waals surface area (Å²) < 4.78 is 17.0. The predicted octanol–water partition coefficient (Wildman–Crippen LogP) is 6.21. The van der Waals surface area contributed by atoms with Gasteiger partial charge < -0.3 is 19.1 Å². The Kier molecular flexibility index (Phi) is 8.51. The van der Waals surface area contributed by atoms with Crippen LogP contribution in [-0.2, 0) is 14.3 Å². The van der Waals surface area contributed by atoms with Gasteiger partial charge in [-0.1, -0.05) is 30.3 Å². The molecule has 0 saturated heterocycles. The largest absolute Gasteiger partial charge is 0.484 e. The number of amides is 1. The van der Waals surface area contributed by atoms with E-state index in [0.717, 1.165) is 15.6 Å². The Labute approximate surface area is 210 Å². The lowest BCUT2D eigenvalue weighted by Crippen LogP contribution is -2.35. The van der Waals surface area contributed by atoms with Crippen LogP contribution in [0.5, 0.6) is 5.75 Å². The molecule has 7 nitrogen and oxygen atoms in total. The summed E-state index contributed by atoms with van der Waals surface area (Å²) in [6.07, 6.45) is -0.112. The van der Waals surface area contributed by atoms with E-state index < -0.39 is 11.6 Å². The van der Waals surface area contributed by atoms with Crippen LogP contribution >= 0.6 is 11.3 Å². The van der Waals surface area contributed by atoms with Crippen LogP contribution in [0, 0.1) is 5.41 Å². The minimum absolute atomic E-state index is 0.191. The first-order valence-electron chi connectivity index (χ1n) is 11.5. The highest BCUT2D eigenvalue weighted by Crippen LogP contribution is 2.34. The first-order chi connectivity index (χ1) is 16.6. The first-order valence-corrected chi connectivity index (χ1v) is 12.4. The molecule has 0 bridgehead atoms. The normalized spacial score (nSPS) is 12.1. The van der Waals surface area contributed by atoms with Gasteiger partial charge in [0.15, 0.2) is 0 Å². The van der Waals surface area contributed by atoms with E-state index in [9.17, 15) is 9.59 Å². The summed E-state index contributed by atoms with van der Waals surface area (Å²) in [5.74, 6) is -0.0210. The van der Waals surface area contributed by atoms with Crippen LogP contribution < -0.4 is 4.74 Å². The molecule has 1 N–H and O–H groups in total. The number of fused-ring (bicyclic) bond motifs is 1. The number of carbonyl (C=O) groups excluding carboxylic acids is 2. The number of rotatable bonds is 9. The van der Waals surface area contributed by atoms with Crippen molar-refractivity contribution in [3.63, 3.8) is 0 Å². The SMILES string of the molecule is CCOC(=O)C(=N)c1ccc(O[C@@H](CCN(C)C(=O)OC(C)(C)C)c2cccs2)c2ccccc12. The highest BCUT2D eigenvalue weighted by Gasteiger charge is 2.23. The molecule has 1 atom stereocenters. The molecule has 0 aliphatic carbocycles. The van der Waals surface area contributed by atoms with Gasteiger partial charge in [-0.15, -0.1) is 11.3 Å². The van der Waals surface area contributed by atoms with E-state index in [0.29, 0.717) is 24.3 Å². The van der Waals surface area contributed by atoms with Crippen LogP contribution in [0.25, 0.3) is 10.8 Å². The second-order valence-electron chi connectivity index (χ2n) is 9.06. The molecule has 0 aliphatic heterocycles. The lowest BCUT2D eigenvalue weighted by molar-refractivity contribution is -0.135. The third-order valence-corrected chi connectivity index (χ3v) is 6.16. The molecule has 0 unspecified atom stereocenters. The van der Waals surface area contributed by atoms with Crippen molar-refractivity contribution < 1.29 is 23.8 Å². The summed E-state index contributed by atoms with van der Waals surface area (Å²) in [7, 11) is 1.71. The molecular formula is C27H32N2O5S. The van der Waals surface area contributed by atoms with Crippen LogP contribution in [0.1, 0.15) is 50.7 Å². The van der Waals surface area contributed by atoms with Crippen LogP contribution in [-0.4, -0.2) is 48.5 Å². The fourth-order valence-electron chi connectivity index (χ4n) is 3.53. The Balaban J connectivity index is 1.86. The number of benzene rings is 2. The third kappa shape index (κ3) is 6.82. The highest BCUT2D eigenvalue weighted by molar-refractivity contribution is 7.10. The van der Waals surface area contributed by atoms with Gasteiger partial charge in [0, 0.05) is 35.8 Å². The van der Waals surface area contributed by atoms with Gasteiger partial charge in [0.2, 0.25) is 0 Å². The number of thiophene rings is 1. The summed E-state index contributed by atoms with van der Waals surface area (Å²) in [6, 6.07) is 15.0. The van der Waals surface area contributed by atoms with E-state index >= 15 is 0 Å². The van der Waals surface area contributed by atoms with E-state index in [1.54, 1.807) is 42.3 Å². The van der Waals surface area contributed by atoms with Crippen molar-refractivity contribution in [1.82, 2.24) is 4.90 Å². The lowest BCUT2D eigenvalue weighted by Gasteiger charge is -2.26. The molecule has 35 heavy (non-hydrogen) atoms. The van der Waals surface area contributed by atoms with Crippen molar-refractivity contribution in [3.8, 4) is 5.75 Å². The number of nitrogens with zero attached hydrogens (tertiary/aromatic N) is 1. The molecule has 186 valence electrons. The average Bonchev–Trinajstić information content (AvgIpc) is 3.35. The summed E-state index contributed by atoms with van der Waals surface area (Å²) in [6.45, 7) is 7.89. The van der Waals surface area contributed by atoms with Gasteiger partial charge in [0.1, 0.15) is 23.2 Å². The van der Waals surface area contributed by atoms with E-state index in [1.807, 2.05) is 62.5 Å². The minimum atomic E-state index is -0.659. The van der Waals surface area contributed by atoms with Gasteiger partial charge >= 0.3 is 12.1 Å². The molecule has 8 heteroatoms. The van der Waals surface area contributed by atoms with Gasteiger partial charge in [0.05, 0.1) is 6.61 Å². The standard InChI is InChI=1S/C27H32N2O5S/c1-6-32-25(30)24(28)20-13-14-21(19-11-8-7-10-18(19)20)33-22(23-12-9-17-35-23)15-16-29(5)26(31)34-27(2,3)4/h7-14,17,22,28H,6,15-16H2,1-5H3/t22-/m0/s1. The van der Waals surface area contributed by atoms with Gasteiger partial charge in [-0.3, -0.25) is 5.41 Å². The van der Waals surface area contributed by atoms with Crippen molar-refractivity contribution in [3.05, 3.63) is 64.4 Å². The van der Waals surface area contributed by atoms with Crippen LogP contribution in [0.3, 0.4) is 0 Å². The van der Waals surface area contributed by atoms with Gasteiger partial charge in [0.25, 0.3) is 0 Å². The van der Waals surface area contributed by atoms with Crippen molar-refractivity contribution in [1.29, 1.82) is 5.41 Å². The Morgan fingerprint density at radius 1 is 1.06 bits per heavy atom.